The van der Waals surface area contributed by atoms with Crippen LogP contribution in [0.4, 0.5) is 0 Å². The van der Waals surface area contributed by atoms with Crippen molar-refractivity contribution in [1.82, 2.24) is 0 Å². The largest absolute Gasteiger partial charge is 0.466 e. The van der Waals surface area contributed by atoms with E-state index in [0.717, 1.165) is 0 Å². The van der Waals surface area contributed by atoms with Gasteiger partial charge in [-0.2, -0.15) is 0 Å². The van der Waals surface area contributed by atoms with Gasteiger partial charge in [0, 0.05) is 6.42 Å². The minimum absolute atomic E-state index is 0.240. The highest BCUT2D eigenvalue weighted by Gasteiger charge is 2.32. The molecule has 0 aromatic rings. The van der Waals surface area contributed by atoms with Gasteiger partial charge < -0.3 is 18.9 Å². The molecule has 1 rings (SSSR count). The van der Waals surface area contributed by atoms with Crippen LogP contribution in [-0.2, 0) is 28.5 Å². The van der Waals surface area contributed by atoms with Crippen LogP contribution in [0.1, 0.15) is 33.1 Å². The van der Waals surface area contributed by atoms with Gasteiger partial charge in [0.2, 0.25) is 0 Å². The van der Waals surface area contributed by atoms with Crippen LogP contribution >= 0.6 is 0 Å². The van der Waals surface area contributed by atoms with Crippen molar-refractivity contribution >= 4 is 11.9 Å². The molecular weight excluding hydrogens is 264 g/mol. The summed E-state index contributed by atoms with van der Waals surface area (Å²) in [6, 6.07) is 0. The van der Waals surface area contributed by atoms with Gasteiger partial charge in [0.05, 0.1) is 45.1 Å². The summed E-state index contributed by atoms with van der Waals surface area (Å²) < 4.78 is 20.8. The first kappa shape index (κ1) is 16.9. The van der Waals surface area contributed by atoms with E-state index in [1.165, 1.54) is 0 Å². The predicted octanol–water partition coefficient (Wildman–Crippen LogP) is 1.31. The molecule has 0 N–H and O–H groups in total. The second kappa shape index (κ2) is 9.72. The predicted molar refractivity (Wildman–Crippen MR) is 71.2 cm³/mol. The van der Waals surface area contributed by atoms with Crippen LogP contribution in [0, 0.1) is 5.92 Å². The van der Waals surface area contributed by atoms with Crippen LogP contribution in [0.3, 0.4) is 0 Å². The van der Waals surface area contributed by atoms with E-state index >= 15 is 0 Å². The normalized spacial score (nSPS) is 20.2. The SMILES string of the molecule is CCOC(=O)CCCC(C(=O)OCC)C1COCCO1. The van der Waals surface area contributed by atoms with E-state index in [0.29, 0.717) is 52.3 Å². The molecule has 2 atom stereocenters. The first-order chi connectivity index (χ1) is 9.69. The molecule has 0 aromatic heterocycles. The summed E-state index contributed by atoms with van der Waals surface area (Å²) in [6.07, 6.45) is 1.12. The topological polar surface area (TPSA) is 71.1 Å². The Kier molecular flexibility index (Phi) is 8.22. The van der Waals surface area contributed by atoms with Gasteiger partial charge in [-0.3, -0.25) is 9.59 Å². The Hall–Kier alpha value is -1.14. The molecule has 0 saturated carbocycles. The summed E-state index contributed by atoms with van der Waals surface area (Å²) in [5.41, 5.74) is 0. The van der Waals surface area contributed by atoms with Gasteiger partial charge in [-0.15, -0.1) is 0 Å². The van der Waals surface area contributed by atoms with Crippen molar-refractivity contribution in [3.05, 3.63) is 0 Å². The van der Waals surface area contributed by atoms with E-state index in [4.69, 9.17) is 18.9 Å². The lowest BCUT2D eigenvalue weighted by atomic mass is 9.95. The maximum absolute atomic E-state index is 12.0. The zero-order valence-corrected chi connectivity index (χ0v) is 12.3. The Morgan fingerprint density at radius 2 is 1.95 bits per heavy atom. The summed E-state index contributed by atoms with van der Waals surface area (Å²) in [4.78, 5) is 23.3. The van der Waals surface area contributed by atoms with Crippen LogP contribution in [0.25, 0.3) is 0 Å². The number of rotatable bonds is 8. The van der Waals surface area contributed by atoms with Crippen LogP contribution in [0.15, 0.2) is 0 Å². The third kappa shape index (κ3) is 5.88. The molecule has 0 amide bonds. The van der Waals surface area contributed by atoms with E-state index in [-0.39, 0.29) is 24.0 Å². The molecule has 20 heavy (non-hydrogen) atoms. The minimum Gasteiger partial charge on any atom is -0.466 e. The first-order valence-electron chi connectivity index (χ1n) is 7.20. The molecule has 1 aliphatic heterocycles. The number of hydrogen-bond acceptors (Lipinski definition) is 6. The van der Waals surface area contributed by atoms with Crippen molar-refractivity contribution < 1.29 is 28.5 Å². The Balaban J connectivity index is 2.45. The van der Waals surface area contributed by atoms with E-state index in [1.807, 2.05) is 0 Å². The number of ether oxygens (including phenoxy) is 4. The molecule has 1 saturated heterocycles. The van der Waals surface area contributed by atoms with Gasteiger partial charge in [0.25, 0.3) is 0 Å². The lowest BCUT2D eigenvalue weighted by Crippen LogP contribution is -2.39. The van der Waals surface area contributed by atoms with Crippen molar-refractivity contribution in [1.29, 1.82) is 0 Å². The van der Waals surface area contributed by atoms with Gasteiger partial charge in [-0.1, -0.05) is 0 Å². The summed E-state index contributed by atoms with van der Waals surface area (Å²) in [5, 5.41) is 0. The maximum atomic E-state index is 12.0. The smallest absolute Gasteiger partial charge is 0.311 e. The quantitative estimate of drug-likeness (QED) is 0.627. The summed E-state index contributed by atoms with van der Waals surface area (Å²) in [7, 11) is 0. The van der Waals surface area contributed by atoms with E-state index in [2.05, 4.69) is 0 Å². The highest BCUT2D eigenvalue weighted by molar-refractivity contribution is 5.73. The summed E-state index contributed by atoms with van der Waals surface area (Å²) >= 11 is 0. The molecular formula is C14H24O6. The molecule has 0 spiro atoms. The van der Waals surface area contributed by atoms with Gasteiger partial charge >= 0.3 is 11.9 Å². The Morgan fingerprint density at radius 1 is 1.20 bits per heavy atom. The van der Waals surface area contributed by atoms with Crippen molar-refractivity contribution in [3.63, 3.8) is 0 Å². The third-order valence-electron chi connectivity index (χ3n) is 3.08. The van der Waals surface area contributed by atoms with Crippen LogP contribution in [-0.4, -0.2) is 51.1 Å². The Bertz CT molecular complexity index is 298. The molecule has 0 bridgehead atoms. The molecule has 1 fully saturated rings. The van der Waals surface area contributed by atoms with Crippen LogP contribution < -0.4 is 0 Å². The highest BCUT2D eigenvalue weighted by atomic mass is 16.6. The lowest BCUT2D eigenvalue weighted by Gasteiger charge is -2.29. The van der Waals surface area contributed by atoms with Crippen LogP contribution in [0.2, 0.25) is 0 Å². The number of carbonyl (C=O) groups is 2. The van der Waals surface area contributed by atoms with Crippen molar-refractivity contribution in [2.24, 2.45) is 5.92 Å². The van der Waals surface area contributed by atoms with E-state index in [9.17, 15) is 9.59 Å². The summed E-state index contributed by atoms with van der Waals surface area (Å²) in [5.74, 6) is -0.910. The minimum atomic E-state index is -0.385. The molecule has 1 heterocycles. The summed E-state index contributed by atoms with van der Waals surface area (Å²) in [6.45, 7) is 5.68. The molecule has 6 nitrogen and oxygen atoms in total. The monoisotopic (exact) mass is 288 g/mol. The maximum Gasteiger partial charge on any atom is 0.311 e. The number of carbonyl (C=O) groups excluding carboxylic acids is 2. The zero-order valence-electron chi connectivity index (χ0n) is 12.3. The highest BCUT2D eigenvalue weighted by Crippen LogP contribution is 2.20. The second-order valence-electron chi connectivity index (χ2n) is 4.54. The van der Waals surface area contributed by atoms with Gasteiger partial charge in [-0.05, 0) is 26.7 Å². The van der Waals surface area contributed by atoms with Crippen molar-refractivity contribution in [2.75, 3.05) is 33.0 Å². The lowest BCUT2D eigenvalue weighted by molar-refractivity contribution is -0.164. The molecule has 1 aliphatic rings. The Morgan fingerprint density at radius 3 is 2.55 bits per heavy atom. The van der Waals surface area contributed by atoms with Crippen LogP contribution in [0.5, 0.6) is 0 Å². The Labute approximate surface area is 119 Å². The molecule has 0 radical (unpaired) electrons. The third-order valence-corrected chi connectivity index (χ3v) is 3.08. The fraction of sp³-hybridized carbons (Fsp3) is 0.857. The fourth-order valence-electron chi connectivity index (χ4n) is 2.14. The molecule has 0 aliphatic carbocycles. The van der Waals surface area contributed by atoms with E-state index in [1.54, 1.807) is 13.8 Å². The number of esters is 2. The van der Waals surface area contributed by atoms with Crippen molar-refractivity contribution in [2.45, 2.75) is 39.2 Å². The number of hydrogen-bond donors (Lipinski definition) is 0. The second-order valence-corrected chi connectivity index (χ2v) is 4.54. The standard InChI is InChI=1S/C14H24O6/c1-3-18-13(15)7-5-6-11(14(16)19-4-2)12-10-17-8-9-20-12/h11-12H,3-10H2,1-2H3. The first-order valence-corrected chi connectivity index (χ1v) is 7.20. The molecule has 6 heteroatoms. The fourth-order valence-corrected chi connectivity index (χ4v) is 2.14. The van der Waals surface area contributed by atoms with Crippen molar-refractivity contribution in [3.8, 4) is 0 Å². The average molecular weight is 288 g/mol. The average Bonchev–Trinajstić information content (AvgIpc) is 2.45. The molecule has 116 valence electrons. The zero-order chi connectivity index (χ0) is 14.8. The van der Waals surface area contributed by atoms with Gasteiger partial charge in [0.15, 0.2) is 0 Å². The van der Waals surface area contributed by atoms with Gasteiger partial charge in [0.1, 0.15) is 0 Å². The van der Waals surface area contributed by atoms with Gasteiger partial charge in [-0.25, -0.2) is 0 Å². The molecule has 0 aromatic carbocycles. The molecule has 2 unspecified atom stereocenters. The van der Waals surface area contributed by atoms with E-state index < -0.39 is 0 Å².